The fraction of sp³-hybridized carbons (Fsp3) is 0.714. The molecule has 5 rings (SSSR count). The molecule has 0 heterocycles. The molecule has 1 aromatic carbocycles. The van der Waals surface area contributed by atoms with Crippen LogP contribution in [0.2, 0.25) is 0 Å². The topological polar surface area (TPSA) is 29.5 Å². The van der Waals surface area contributed by atoms with Crippen LogP contribution in [0.3, 0.4) is 0 Å². The number of ether oxygens (including phenoxy) is 1. The molecule has 2 heteroatoms. The Balaban J connectivity index is 1.40. The van der Waals surface area contributed by atoms with Gasteiger partial charge in [-0.05, 0) is 104 Å². The van der Waals surface area contributed by atoms with Gasteiger partial charge in [0.05, 0.1) is 12.7 Å². The van der Waals surface area contributed by atoms with Crippen molar-refractivity contribution in [3.8, 4) is 5.75 Å². The summed E-state index contributed by atoms with van der Waals surface area (Å²) in [6.45, 7) is 7.74. The number of fused-ring (bicyclic) bond motifs is 5. The molecule has 30 heavy (non-hydrogen) atoms. The summed E-state index contributed by atoms with van der Waals surface area (Å²) in [4.78, 5) is 0. The maximum absolute atomic E-state index is 11.4. The lowest BCUT2D eigenvalue weighted by atomic mass is 9.45. The molecular weight excluding hydrogens is 368 g/mol. The van der Waals surface area contributed by atoms with E-state index >= 15 is 0 Å². The molecule has 4 aliphatic carbocycles. The molecule has 0 radical (unpaired) electrons. The Morgan fingerprint density at radius 3 is 2.53 bits per heavy atom. The molecule has 1 N–H and O–H groups in total. The Hall–Kier alpha value is -1.28. The average molecular weight is 409 g/mol. The second-order valence-electron chi connectivity index (χ2n) is 11.3. The first-order valence-corrected chi connectivity index (χ1v) is 12.6. The van der Waals surface area contributed by atoms with Crippen molar-refractivity contribution in [3.05, 3.63) is 35.4 Å². The third kappa shape index (κ3) is 3.17. The standard InChI is InChI=1S/C28H40O2/c1-4-30-22-11-8-19(9-12-22)17-20-18-25-23-13-10-21-7-5-6-15-27(21,2)24(23)14-16-28(25,3)26(20)29/h8-9,11-12,17,21,23-26,29H,4-7,10,13-16,18H2,1-3H3/b20-17+/t21-,23+,24-,25-,26-,27-,28-/m0/s1. The van der Waals surface area contributed by atoms with Gasteiger partial charge in [0.25, 0.3) is 0 Å². The van der Waals surface area contributed by atoms with Gasteiger partial charge in [0, 0.05) is 5.41 Å². The molecule has 7 atom stereocenters. The minimum absolute atomic E-state index is 0.0656. The Kier molecular flexibility index (Phi) is 5.29. The minimum atomic E-state index is -0.285. The zero-order valence-electron chi connectivity index (χ0n) is 19.2. The molecule has 1 aromatic rings. The fourth-order valence-electron chi connectivity index (χ4n) is 8.33. The molecule has 0 spiro atoms. The van der Waals surface area contributed by atoms with Gasteiger partial charge < -0.3 is 9.84 Å². The number of hydrogen-bond donors (Lipinski definition) is 1. The van der Waals surface area contributed by atoms with Crippen molar-refractivity contribution >= 4 is 6.08 Å². The number of aliphatic hydroxyl groups excluding tert-OH is 1. The molecule has 4 fully saturated rings. The predicted octanol–water partition coefficient (Wildman–Crippen LogP) is 6.87. The van der Waals surface area contributed by atoms with Gasteiger partial charge in [0.15, 0.2) is 0 Å². The second kappa shape index (κ2) is 7.69. The van der Waals surface area contributed by atoms with Crippen LogP contribution in [0.1, 0.15) is 84.1 Å². The van der Waals surface area contributed by atoms with Crippen molar-refractivity contribution in [2.75, 3.05) is 6.61 Å². The molecule has 4 saturated carbocycles. The van der Waals surface area contributed by atoms with Crippen molar-refractivity contribution in [2.45, 2.75) is 84.7 Å². The summed E-state index contributed by atoms with van der Waals surface area (Å²) < 4.78 is 5.59. The van der Waals surface area contributed by atoms with E-state index in [0.717, 1.165) is 29.9 Å². The minimum Gasteiger partial charge on any atom is -0.494 e. The van der Waals surface area contributed by atoms with E-state index in [1.54, 1.807) is 0 Å². The summed E-state index contributed by atoms with van der Waals surface area (Å²) in [7, 11) is 0. The van der Waals surface area contributed by atoms with Crippen LogP contribution in [0, 0.1) is 34.5 Å². The average Bonchev–Trinajstić information content (AvgIpc) is 3.00. The van der Waals surface area contributed by atoms with E-state index in [2.05, 4.69) is 32.1 Å². The molecule has 4 aliphatic rings. The summed E-state index contributed by atoms with van der Waals surface area (Å²) in [6.07, 6.45) is 14.2. The molecule has 0 aromatic heterocycles. The van der Waals surface area contributed by atoms with Crippen molar-refractivity contribution < 1.29 is 9.84 Å². The van der Waals surface area contributed by atoms with Gasteiger partial charge in [-0.15, -0.1) is 0 Å². The van der Waals surface area contributed by atoms with Gasteiger partial charge in [-0.2, -0.15) is 0 Å². The second-order valence-corrected chi connectivity index (χ2v) is 11.3. The first-order valence-electron chi connectivity index (χ1n) is 12.6. The van der Waals surface area contributed by atoms with Gasteiger partial charge in [-0.3, -0.25) is 0 Å². The predicted molar refractivity (Wildman–Crippen MR) is 123 cm³/mol. The Morgan fingerprint density at radius 1 is 0.967 bits per heavy atom. The molecule has 0 unspecified atom stereocenters. The largest absolute Gasteiger partial charge is 0.494 e. The van der Waals surface area contributed by atoms with Crippen LogP contribution in [-0.2, 0) is 0 Å². The van der Waals surface area contributed by atoms with Gasteiger partial charge in [-0.1, -0.05) is 44.9 Å². The first-order chi connectivity index (χ1) is 14.5. The van der Waals surface area contributed by atoms with E-state index in [0.29, 0.717) is 17.9 Å². The molecule has 0 bridgehead atoms. The number of aliphatic hydroxyl groups is 1. The highest BCUT2D eigenvalue weighted by Gasteiger charge is 2.60. The molecular formula is C28H40O2. The van der Waals surface area contributed by atoms with Gasteiger partial charge >= 0.3 is 0 Å². The van der Waals surface area contributed by atoms with Crippen molar-refractivity contribution in [3.63, 3.8) is 0 Å². The zero-order valence-corrected chi connectivity index (χ0v) is 19.2. The number of benzene rings is 1. The van der Waals surface area contributed by atoms with Gasteiger partial charge in [0.1, 0.15) is 5.75 Å². The molecule has 0 saturated heterocycles. The van der Waals surface area contributed by atoms with Crippen LogP contribution in [0.4, 0.5) is 0 Å². The highest BCUT2D eigenvalue weighted by Crippen LogP contribution is 2.67. The lowest BCUT2D eigenvalue weighted by Crippen LogP contribution is -2.53. The summed E-state index contributed by atoms with van der Waals surface area (Å²) >= 11 is 0. The zero-order chi connectivity index (χ0) is 20.9. The van der Waals surface area contributed by atoms with E-state index in [1.165, 1.54) is 62.5 Å². The Labute approximate surface area is 183 Å². The van der Waals surface area contributed by atoms with E-state index in [-0.39, 0.29) is 11.5 Å². The number of hydrogen-bond acceptors (Lipinski definition) is 2. The molecule has 164 valence electrons. The van der Waals surface area contributed by atoms with Gasteiger partial charge in [0.2, 0.25) is 0 Å². The van der Waals surface area contributed by atoms with Crippen LogP contribution in [0.25, 0.3) is 6.08 Å². The van der Waals surface area contributed by atoms with E-state index in [9.17, 15) is 5.11 Å². The molecule has 0 aliphatic heterocycles. The van der Waals surface area contributed by atoms with E-state index in [4.69, 9.17) is 4.74 Å². The quantitative estimate of drug-likeness (QED) is 0.591. The van der Waals surface area contributed by atoms with Crippen molar-refractivity contribution in [1.29, 1.82) is 0 Å². The molecule has 0 amide bonds. The lowest BCUT2D eigenvalue weighted by Gasteiger charge is -2.60. The third-order valence-electron chi connectivity index (χ3n) is 10.00. The Bertz CT molecular complexity index is 795. The monoisotopic (exact) mass is 408 g/mol. The molecule has 2 nitrogen and oxygen atoms in total. The van der Waals surface area contributed by atoms with Crippen LogP contribution in [0.15, 0.2) is 29.8 Å². The highest BCUT2D eigenvalue weighted by atomic mass is 16.5. The van der Waals surface area contributed by atoms with Crippen LogP contribution < -0.4 is 4.74 Å². The van der Waals surface area contributed by atoms with Crippen LogP contribution >= 0.6 is 0 Å². The number of rotatable bonds is 3. The third-order valence-corrected chi connectivity index (χ3v) is 10.00. The Morgan fingerprint density at radius 2 is 1.77 bits per heavy atom. The van der Waals surface area contributed by atoms with Crippen LogP contribution in [-0.4, -0.2) is 17.8 Å². The SMILES string of the molecule is CCOc1ccc(/C=C2\C[C@H]3[C@@H]4CC[C@@H]5CCCC[C@]5(C)[C@H]4CC[C@]3(C)[C@H]2O)cc1. The summed E-state index contributed by atoms with van der Waals surface area (Å²) in [5, 5.41) is 11.4. The maximum atomic E-state index is 11.4. The lowest BCUT2D eigenvalue weighted by molar-refractivity contribution is -0.119. The van der Waals surface area contributed by atoms with Gasteiger partial charge in [-0.25, -0.2) is 0 Å². The summed E-state index contributed by atoms with van der Waals surface area (Å²) in [5.74, 6) is 4.23. The van der Waals surface area contributed by atoms with Crippen molar-refractivity contribution in [1.82, 2.24) is 0 Å². The van der Waals surface area contributed by atoms with E-state index in [1.807, 2.05) is 19.1 Å². The van der Waals surface area contributed by atoms with Crippen molar-refractivity contribution in [2.24, 2.45) is 34.5 Å². The maximum Gasteiger partial charge on any atom is 0.119 e. The first kappa shape index (κ1) is 20.6. The summed E-state index contributed by atoms with van der Waals surface area (Å²) in [6, 6.07) is 8.36. The highest BCUT2D eigenvalue weighted by molar-refractivity contribution is 5.56. The fourth-order valence-corrected chi connectivity index (χ4v) is 8.33. The van der Waals surface area contributed by atoms with Crippen LogP contribution in [0.5, 0.6) is 5.75 Å². The van der Waals surface area contributed by atoms with E-state index < -0.39 is 0 Å². The summed E-state index contributed by atoms with van der Waals surface area (Å²) in [5.41, 5.74) is 3.09. The smallest absolute Gasteiger partial charge is 0.119 e. The normalized spacial score (nSPS) is 44.3.